The van der Waals surface area contributed by atoms with Gasteiger partial charge >= 0.3 is 35.8 Å². The van der Waals surface area contributed by atoms with Gasteiger partial charge in [0.05, 0.1) is 78.7 Å². The maximum absolute atomic E-state index is 10.3. The molecule has 0 spiro atoms. The molecule has 12 N–H and O–H groups in total. The van der Waals surface area contributed by atoms with Gasteiger partial charge in [0.1, 0.15) is 0 Å². The van der Waals surface area contributed by atoms with E-state index in [9.17, 15) is 28.8 Å². The van der Waals surface area contributed by atoms with Gasteiger partial charge in [0.2, 0.25) is 0 Å². The summed E-state index contributed by atoms with van der Waals surface area (Å²) in [5, 5.41) is 98.0. The minimum Gasteiger partial charge on any atom is -0.481 e. The fourth-order valence-corrected chi connectivity index (χ4v) is 3.90. The van der Waals surface area contributed by atoms with Crippen LogP contribution in [-0.4, -0.2) is 286 Å². The van der Waals surface area contributed by atoms with E-state index < -0.39 is 41.4 Å². The molecule has 0 aromatic heterocycles. The number of carboxylic acid groups (broad SMARTS) is 6. The number of likely N-dealkylation sites (N-methyl/N-ethyl adjacent to an activating group) is 5. The highest BCUT2D eigenvalue weighted by molar-refractivity contribution is 5.70. The predicted molar refractivity (Wildman–Crippen MR) is 235 cm³/mol. The maximum atomic E-state index is 10.3. The molecule has 1 unspecified atom stereocenters. The average Bonchev–Trinajstić information content (AvgIpc) is 3.21. The first kappa shape index (κ1) is 74.6. The zero-order chi connectivity index (χ0) is 53.4. The van der Waals surface area contributed by atoms with E-state index in [1.165, 1.54) is 4.90 Å². The molecule has 0 saturated heterocycles. The van der Waals surface area contributed by atoms with Crippen molar-refractivity contribution in [1.82, 2.24) is 29.4 Å². The molecule has 0 aromatic carbocycles. The number of hydrogen-bond donors (Lipinski definition) is 12. The van der Waals surface area contributed by atoms with Crippen LogP contribution in [0.25, 0.3) is 0 Å². The SMILES string of the molecule is CC(COO)N(C)CC(=O)O.CN(CC(=O)O)C(C)(C)COO.CN(CCCOO)CC(=O)O.CN(CCCOO)CCC(=O)O.CN(CCOO)CC(=O)O.CN(CCOO)CCC(=O)O. The number of rotatable bonds is 34. The van der Waals surface area contributed by atoms with Gasteiger partial charge in [-0.2, -0.15) is 0 Å². The van der Waals surface area contributed by atoms with Crippen LogP contribution in [0, 0.1) is 0 Å². The molecule has 402 valence electrons. The minimum atomic E-state index is -0.900. The highest BCUT2D eigenvalue weighted by Gasteiger charge is 2.25. The van der Waals surface area contributed by atoms with Crippen LogP contribution in [0.4, 0.5) is 0 Å². The van der Waals surface area contributed by atoms with Gasteiger partial charge in [0, 0.05) is 50.8 Å². The average molecular weight is 993 g/mol. The second-order valence-electron chi connectivity index (χ2n) is 15.0. The Hall–Kier alpha value is -3.90. The van der Waals surface area contributed by atoms with E-state index >= 15 is 0 Å². The van der Waals surface area contributed by atoms with Gasteiger partial charge in [-0.3, -0.25) is 79.9 Å². The third-order valence-electron chi connectivity index (χ3n) is 8.18. The Kier molecular flexibility index (Phi) is 57.4. The summed E-state index contributed by atoms with van der Waals surface area (Å²) in [6.45, 7) is 9.52. The fraction of sp³-hybridized carbons (Fsp3) is 0.838. The highest BCUT2D eigenvalue weighted by atomic mass is 17.1. The normalized spacial score (nSPS) is 11.2. The van der Waals surface area contributed by atoms with Crippen LogP contribution >= 0.6 is 0 Å². The lowest BCUT2D eigenvalue weighted by atomic mass is 10.1. The van der Waals surface area contributed by atoms with Crippen LogP contribution in [0.2, 0.25) is 0 Å². The smallest absolute Gasteiger partial charge is 0.317 e. The van der Waals surface area contributed by atoms with Crippen molar-refractivity contribution in [2.45, 2.75) is 58.0 Å². The summed E-state index contributed by atoms with van der Waals surface area (Å²) >= 11 is 0. The van der Waals surface area contributed by atoms with Gasteiger partial charge < -0.3 is 40.4 Å². The van der Waals surface area contributed by atoms with Crippen LogP contribution in [0.15, 0.2) is 0 Å². The number of carbonyl (C=O) groups is 6. The lowest BCUT2D eigenvalue weighted by Crippen LogP contribution is -2.47. The van der Waals surface area contributed by atoms with Crippen LogP contribution in [0.5, 0.6) is 0 Å². The zero-order valence-corrected chi connectivity index (χ0v) is 40.2. The summed E-state index contributed by atoms with van der Waals surface area (Å²) in [5.74, 6) is -5.14. The minimum absolute atomic E-state index is 0.0193. The second-order valence-corrected chi connectivity index (χ2v) is 15.0. The largest absolute Gasteiger partial charge is 0.481 e. The summed E-state index contributed by atoms with van der Waals surface area (Å²) in [7, 11) is 10.2. The molecule has 0 bridgehead atoms. The van der Waals surface area contributed by atoms with Crippen LogP contribution < -0.4 is 0 Å². The van der Waals surface area contributed by atoms with Gasteiger partial charge in [-0.1, -0.05) is 0 Å². The van der Waals surface area contributed by atoms with Gasteiger partial charge in [0.15, 0.2) is 0 Å². The molecular formula is C37H80N6O24. The van der Waals surface area contributed by atoms with Crippen molar-refractivity contribution in [3.05, 3.63) is 0 Å². The van der Waals surface area contributed by atoms with E-state index in [1.807, 2.05) is 11.9 Å². The second kappa shape index (κ2) is 51.5. The quantitative estimate of drug-likeness (QED) is 0.0223. The Morgan fingerprint density at radius 3 is 1.10 bits per heavy atom. The van der Waals surface area contributed by atoms with Gasteiger partial charge in [-0.15, -0.1) is 0 Å². The molecule has 0 aliphatic heterocycles. The highest BCUT2D eigenvalue weighted by Crippen LogP contribution is 2.11. The number of nitrogens with zero attached hydrogens (tertiary/aromatic N) is 6. The summed E-state index contributed by atoms with van der Waals surface area (Å²) < 4.78 is 0. The number of carboxylic acids is 6. The molecule has 0 radical (unpaired) electrons. The summed E-state index contributed by atoms with van der Waals surface area (Å²) in [4.78, 5) is 94.0. The molecule has 30 heteroatoms. The Balaban J connectivity index is -0.000000167. The van der Waals surface area contributed by atoms with Crippen molar-refractivity contribution < 1.29 is 120 Å². The van der Waals surface area contributed by atoms with Crippen molar-refractivity contribution in [1.29, 1.82) is 0 Å². The van der Waals surface area contributed by atoms with Gasteiger partial charge in [0.25, 0.3) is 0 Å². The molecular weight excluding hydrogens is 912 g/mol. The zero-order valence-electron chi connectivity index (χ0n) is 40.2. The van der Waals surface area contributed by atoms with Crippen molar-refractivity contribution in [3.8, 4) is 0 Å². The van der Waals surface area contributed by atoms with Gasteiger partial charge in [-0.25, -0.2) is 29.3 Å². The molecule has 30 nitrogen and oxygen atoms in total. The number of aliphatic carboxylic acids is 6. The first-order chi connectivity index (χ1) is 31.1. The van der Waals surface area contributed by atoms with Crippen molar-refractivity contribution in [2.75, 3.05) is 147 Å². The first-order valence-electron chi connectivity index (χ1n) is 20.2. The monoisotopic (exact) mass is 993 g/mol. The lowest BCUT2D eigenvalue weighted by Gasteiger charge is -2.32. The molecule has 0 heterocycles. The van der Waals surface area contributed by atoms with E-state index in [0.717, 1.165) is 6.54 Å². The lowest BCUT2D eigenvalue weighted by molar-refractivity contribution is -0.260. The fourth-order valence-electron chi connectivity index (χ4n) is 3.90. The molecule has 0 rings (SSSR count). The summed E-state index contributed by atoms with van der Waals surface area (Å²) in [6.07, 6.45) is 1.59. The topological polar surface area (TPSA) is 420 Å². The van der Waals surface area contributed by atoms with E-state index in [2.05, 4.69) is 29.3 Å². The van der Waals surface area contributed by atoms with Crippen molar-refractivity contribution >= 4 is 35.8 Å². The maximum Gasteiger partial charge on any atom is 0.317 e. The van der Waals surface area contributed by atoms with Gasteiger partial charge in [-0.05, 0) is 75.9 Å². The molecule has 0 aliphatic carbocycles. The van der Waals surface area contributed by atoms with Crippen LogP contribution in [0.3, 0.4) is 0 Å². The molecule has 67 heavy (non-hydrogen) atoms. The molecule has 1 atom stereocenters. The summed E-state index contributed by atoms with van der Waals surface area (Å²) in [5.41, 5.74) is -0.479. The predicted octanol–water partition coefficient (Wildman–Crippen LogP) is -0.318. The first-order valence-corrected chi connectivity index (χ1v) is 20.2. The molecule has 0 saturated carbocycles. The Morgan fingerprint density at radius 2 is 0.776 bits per heavy atom. The Morgan fingerprint density at radius 1 is 0.433 bits per heavy atom. The van der Waals surface area contributed by atoms with Crippen molar-refractivity contribution in [3.63, 3.8) is 0 Å². The van der Waals surface area contributed by atoms with Crippen LogP contribution in [0.1, 0.15) is 46.5 Å². The molecule has 0 aliphatic rings. The van der Waals surface area contributed by atoms with E-state index in [1.54, 1.807) is 75.6 Å². The third-order valence-corrected chi connectivity index (χ3v) is 8.18. The Bertz CT molecular complexity index is 1210. The van der Waals surface area contributed by atoms with E-state index in [-0.39, 0.29) is 84.7 Å². The van der Waals surface area contributed by atoms with Crippen LogP contribution in [-0.2, 0) is 58.1 Å². The molecule has 0 aromatic rings. The third kappa shape index (κ3) is 68.8. The summed E-state index contributed by atoms with van der Waals surface area (Å²) in [6, 6.07) is -0.101. The van der Waals surface area contributed by atoms with E-state index in [4.69, 9.17) is 62.2 Å². The standard InChI is InChI=1S/2C7H15NO4.3C6H13NO4.C5H11NO4/c1-7(2,5-12-11)8(3)4-6(9)10;1-8(4-2-6-12-11)5-3-7(9)10;1-5(4-11-10)7(2)3-6(8)9;1-7(4-5-11-10)3-2-6(8)9;1-7(5-6(8)9)3-2-4-11-10;1-6(2-3-10-9)4-5(7)8/h11H,4-5H2,1-3H3,(H,9,10);11H,2-6H2,1H3,(H,9,10);5,10H,3-4H2,1-2H3,(H,8,9);2*10H,2-5H2,1H3,(H,8,9);9H,2-4H2,1H3,(H,7,8). The Labute approximate surface area is 390 Å². The number of hydrogen-bond acceptors (Lipinski definition) is 24. The van der Waals surface area contributed by atoms with E-state index in [0.29, 0.717) is 45.6 Å². The van der Waals surface area contributed by atoms with Crippen molar-refractivity contribution in [2.24, 2.45) is 0 Å². The molecule has 0 fully saturated rings. The molecule has 0 amide bonds.